The topological polar surface area (TPSA) is 32.3 Å². The zero-order chi connectivity index (χ0) is 13.1. The minimum Gasteiger partial charge on any atom is -0.325 e. The van der Waals surface area contributed by atoms with Crippen LogP contribution in [0.2, 0.25) is 0 Å². The first-order valence-corrected chi connectivity index (χ1v) is 5.91. The Labute approximate surface area is 105 Å². The van der Waals surface area contributed by atoms with Gasteiger partial charge in [-0.1, -0.05) is 17.7 Å². The van der Waals surface area contributed by atoms with Gasteiger partial charge >= 0.3 is 0 Å². The number of carbonyl (C=O) groups excluding carboxylic acids is 1. The van der Waals surface area contributed by atoms with E-state index in [0.29, 0.717) is 13.1 Å². The molecule has 2 rings (SSSR count). The highest BCUT2D eigenvalue weighted by Gasteiger charge is 2.34. The van der Waals surface area contributed by atoms with E-state index in [0.717, 1.165) is 11.3 Å². The molecule has 1 aromatic carbocycles. The molecule has 0 bridgehead atoms. The third-order valence-corrected chi connectivity index (χ3v) is 3.04. The molecule has 1 fully saturated rings. The predicted molar refractivity (Wildman–Crippen MR) is 65.7 cm³/mol. The normalized spacial score (nSPS) is 16.7. The lowest BCUT2D eigenvalue weighted by Gasteiger charge is -2.38. The number of aryl methyl sites for hydroxylation is 1. The number of amides is 1. The maximum absolute atomic E-state index is 12.2. The van der Waals surface area contributed by atoms with Gasteiger partial charge in [-0.05, 0) is 19.1 Å². The fourth-order valence-electron chi connectivity index (χ4n) is 1.94. The van der Waals surface area contributed by atoms with Crippen LogP contribution in [0.25, 0.3) is 0 Å². The Morgan fingerprint density at radius 2 is 2.00 bits per heavy atom. The summed E-state index contributed by atoms with van der Waals surface area (Å²) in [5.41, 5.74) is 1.85. The second kappa shape index (κ2) is 5.44. The Balaban J connectivity index is 1.75. The van der Waals surface area contributed by atoms with Gasteiger partial charge in [0.25, 0.3) is 0 Å². The summed E-state index contributed by atoms with van der Waals surface area (Å²) in [6.45, 7) is 2.76. The average molecular weight is 254 g/mol. The van der Waals surface area contributed by atoms with Crippen LogP contribution in [0.15, 0.2) is 24.3 Å². The first kappa shape index (κ1) is 13.0. The summed E-state index contributed by atoms with van der Waals surface area (Å²) in [6.07, 6.45) is -2.28. The van der Waals surface area contributed by atoms with Gasteiger partial charge in [-0.25, -0.2) is 8.78 Å². The molecule has 98 valence electrons. The number of halogens is 2. The SMILES string of the molecule is Cc1ccc(NC(=O)CN2CC(C(F)F)C2)cc1. The van der Waals surface area contributed by atoms with E-state index in [2.05, 4.69) is 5.32 Å². The van der Waals surface area contributed by atoms with Crippen molar-refractivity contribution in [2.75, 3.05) is 25.0 Å². The zero-order valence-electron chi connectivity index (χ0n) is 10.2. The number of rotatable bonds is 4. The molecular formula is C13H16F2N2O. The molecule has 0 saturated carbocycles. The first-order valence-electron chi connectivity index (χ1n) is 5.91. The molecule has 0 aliphatic carbocycles. The van der Waals surface area contributed by atoms with Crippen molar-refractivity contribution < 1.29 is 13.6 Å². The number of nitrogens with one attached hydrogen (secondary N) is 1. The van der Waals surface area contributed by atoms with Gasteiger partial charge in [0.05, 0.1) is 6.54 Å². The average Bonchev–Trinajstić information content (AvgIpc) is 2.25. The van der Waals surface area contributed by atoms with Gasteiger partial charge in [0.15, 0.2) is 0 Å². The van der Waals surface area contributed by atoms with Crippen LogP contribution < -0.4 is 5.32 Å². The number of anilines is 1. The summed E-state index contributed by atoms with van der Waals surface area (Å²) < 4.78 is 24.5. The lowest BCUT2D eigenvalue weighted by molar-refractivity contribution is -0.120. The highest BCUT2D eigenvalue weighted by molar-refractivity contribution is 5.92. The molecule has 0 atom stereocenters. The minimum atomic E-state index is -2.28. The van der Waals surface area contributed by atoms with Gasteiger partial charge in [0.1, 0.15) is 0 Å². The Hall–Kier alpha value is -1.49. The molecule has 1 heterocycles. The summed E-state index contributed by atoms with van der Waals surface area (Å²) in [5.74, 6) is -0.733. The molecule has 0 radical (unpaired) electrons. The largest absolute Gasteiger partial charge is 0.325 e. The van der Waals surface area contributed by atoms with Gasteiger partial charge in [-0.3, -0.25) is 9.69 Å². The second-order valence-corrected chi connectivity index (χ2v) is 4.70. The van der Waals surface area contributed by atoms with E-state index < -0.39 is 12.3 Å². The molecule has 0 spiro atoms. The van der Waals surface area contributed by atoms with Crippen LogP contribution in [0.4, 0.5) is 14.5 Å². The Bertz CT molecular complexity index is 414. The maximum Gasteiger partial charge on any atom is 0.243 e. The van der Waals surface area contributed by atoms with E-state index in [1.54, 1.807) is 4.90 Å². The number of hydrogen-bond acceptors (Lipinski definition) is 2. The van der Waals surface area contributed by atoms with Crippen LogP contribution in [0.5, 0.6) is 0 Å². The van der Waals surface area contributed by atoms with Crippen molar-refractivity contribution >= 4 is 11.6 Å². The van der Waals surface area contributed by atoms with Crippen LogP contribution in [0, 0.1) is 12.8 Å². The smallest absolute Gasteiger partial charge is 0.243 e. The molecule has 18 heavy (non-hydrogen) atoms. The van der Waals surface area contributed by atoms with Crippen molar-refractivity contribution in [3.05, 3.63) is 29.8 Å². The highest BCUT2D eigenvalue weighted by Crippen LogP contribution is 2.21. The van der Waals surface area contributed by atoms with Crippen LogP contribution in [0.1, 0.15) is 5.56 Å². The van der Waals surface area contributed by atoms with Crippen molar-refractivity contribution in [1.29, 1.82) is 0 Å². The molecule has 1 aromatic rings. The molecule has 5 heteroatoms. The van der Waals surface area contributed by atoms with Crippen molar-refractivity contribution in [3.8, 4) is 0 Å². The van der Waals surface area contributed by atoms with Crippen molar-refractivity contribution in [3.63, 3.8) is 0 Å². The van der Waals surface area contributed by atoms with E-state index in [1.807, 2.05) is 31.2 Å². The van der Waals surface area contributed by atoms with Crippen LogP contribution in [-0.4, -0.2) is 36.9 Å². The quantitative estimate of drug-likeness (QED) is 0.892. The van der Waals surface area contributed by atoms with Crippen molar-refractivity contribution in [2.24, 2.45) is 5.92 Å². The number of likely N-dealkylation sites (tertiary alicyclic amines) is 1. The lowest BCUT2D eigenvalue weighted by atomic mass is 10.0. The van der Waals surface area contributed by atoms with Crippen molar-refractivity contribution in [1.82, 2.24) is 4.90 Å². The van der Waals surface area contributed by atoms with E-state index in [1.165, 1.54) is 0 Å². The molecule has 1 amide bonds. The molecule has 1 saturated heterocycles. The fourth-order valence-corrected chi connectivity index (χ4v) is 1.94. The number of hydrogen-bond donors (Lipinski definition) is 1. The van der Waals surface area contributed by atoms with Crippen molar-refractivity contribution in [2.45, 2.75) is 13.3 Å². The minimum absolute atomic E-state index is 0.161. The van der Waals surface area contributed by atoms with Crippen LogP contribution in [-0.2, 0) is 4.79 Å². The van der Waals surface area contributed by atoms with E-state index in [9.17, 15) is 13.6 Å². The van der Waals surface area contributed by atoms with Gasteiger partial charge in [0, 0.05) is 24.7 Å². The van der Waals surface area contributed by atoms with Crippen LogP contribution in [0.3, 0.4) is 0 Å². The molecule has 0 unspecified atom stereocenters. The lowest BCUT2D eigenvalue weighted by Crippen LogP contribution is -2.52. The third kappa shape index (κ3) is 3.26. The molecule has 1 aliphatic rings. The van der Waals surface area contributed by atoms with E-state index in [-0.39, 0.29) is 12.5 Å². The number of carbonyl (C=O) groups is 1. The molecule has 1 N–H and O–H groups in total. The standard InChI is InChI=1S/C13H16F2N2O/c1-9-2-4-11(5-3-9)16-12(18)8-17-6-10(7-17)13(14)15/h2-5,10,13H,6-8H2,1H3,(H,16,18). The van der Waals surface area contributed by atoms with E-state index in [4.69, 9.17) is 0 Å². The van der Waals surface area contributed by atoms with Gasteiger partial charge in [0.2, 0.25) is 12.3 Å². The van der Waals surface area contributed by atoms with Crippen LogP contribution >= 0.6 is 0 Å². The summed E-state index contributed by atoms with van der Waals surface area (Å²) in [7, 11) is 0. The molecule has 1 aliphatic heterocycles. The molecule has 0 aromatic heterocycles. The summed E-state index contributed by atoms with van der Waals surface area (Å²) in [5, 5.41) is 2.74. The predicted octanol–water partition coefficient (Wildman–Crippen LogP) is 2.13. The summed E-state index contributed by atoms with van der Waals surface area (Å²) in [4.78, 5) is 13.4. The highest BCUT2D eigenvalue weighted by atomic mass is 19.3. The van der Waals surface area contributed by atoms with Gasteiger partial charge in [-0.15, -0.1) is 0 Å². The Morgan fingerprint density at radius 1 is 1.39 bits per heavy atom. The molecule has 3 nitrogen and oxygen atoms in total. The van der Waals surface area contributed by atoms with Gasteiger partial charge in [-0.2, -0.15) is 0 Å². The zero-order valence-corrected chi connectivity index (χ0v) is 10.2. The summed E-state index contributed by atoms with van der Waals surface area (Å²) in [6, 6.07) is 7.47. The summed E-state index contributed by atoms with van der Waals surface area (Å²) >= 11 is 0. The van der Waals surface area contributed by atoms with E-state index >= 15 is 0 Å². The Kier molecular flexibility index (Phi) is 3.91. The monoisotopic (exact) mass is 254 g/mol. The maximum atomic E-state index is 12.2. The number of benzene rings is 1. The van der Waals surface area contributed by atoms with Gasteiger partial charge < -0.3 is 5.32 Å². The first-order chi connectivity index (χ1) is 8.54. The number of nitrogens with zero attached hydrogens (tertiary/aromatic N) is 1. The number of alkyl halides is 2. The molecular weight excluding hydrogens is 238 g/mol. The second-order valence-electron chi connectivity index (χ2n) is 4.70. The Morgan fingerprint density at radius 3 is 2.56 bits per heavy atom. The fraction of sp³-hybridized carbons (Fsp3) is 0.462. The third-order valence-electron chi connectivity index (χ3n) is 3.04.